The summed E-state index contributed by atoms with van der Waals surface area (Å²) in [7, 11) is 0. The van der Waals surface area contributed by atoms with Crippen LogP contribution >= 0.6 is 0 Å². The molecule has 1 N–H and O–H groups in total. The molecule has 0 aliphatic carbocycles. The molecule has 142 valence electrons. The molecule has 0 unspecified atom stereocenters. The molecule has 0 bridgehead atoms. The number of anilines is 3. The fourth-order valence-electron chi connectivity index (χ4n) is 3.59. The van der Waals surface area contributed by atoms with E-state index in [2.05, 4.69) is 10.2 Å². The molecule has 0 amide bonds. The Hall–Kier alpha value is -3.28. The molecule has 2 aliphatic heterocycles. The van der Waals surface area contributed by atoms with Gasteiger partial charge in [0.05, 0.1) is 0 Å². The summed E-state index contributed by atoms with van der Waals surface area (Å²) in [5.74, 6) is 4.00. The monoisotopic (exact) mass is 374 g/mol. The standard InChI is InChI=1S/C22H22N4O2/c1-2-6-16(7-3-1)22-24-20(15-21(25-22)26-10-4-5-11-26)23-17-8-9-18-19(14-17)28-13-12-27-18/h1-3,6-9,14-15H,4-5,10-13H2,(H,23,24,25). The predicted molar refractivity (Wildman–Crippen MR) is 110 cm³/mol. The van der Waals surface area contributed by atoms with Gasteiger partial charge in [-0.2, -0.15) is 0 Å². The molecule has 1 saturated heterocycles. The maximum Gasteiger partial charge on any atom is 0.163 e. The maximum absolute atomic E-state index is 5.69. The molecule has 0 spiro atoms. The first-order valence-corrected chi connectivity index (χ1v) is 9.71. The largest absolute Gasteiger partial charge is 0.486 e. The number of ether oxygens (including phenoxy) is 2. The minimum atomic E-state index is 0.571. The highest BCUT2D eigenvalue weighted by Gasteiger charge is 2.17. The van der Waals surface area contributed by atoms with Crippen molar-refractivity contribution in [2.24, 2.45) is 0 Å². The highest BCUT2D eigenvalue weighted by molar-refractivity contribution is 5.67. The lowest BCUT2D eigenvalue weighted by Crippen LogP contribution is -2.19. The van der Waals surface area contributed by atoms with Gasteiger partial charge in [0, 0.05) is 36.5 Å². The average Bonchev–Trinajstić information content (AvgIpc) is 3.29. The van der Waals surface area contributed by atoms with Crippen LogP contribution in [0.15, 0.2) is 54.6 Å². The molecule has 5 rings (SSSR count). The number of benzene rings is 2. The number of rotatable bonds is 4. The maximum atomic E-state index is 5.69. The van der Waals surface area contributed by atoms with Crippen LogP contribution in [0.5, 0.6) is 11.5 Å². The van der Waals surface area contributed by atoms with Gasteiger partial charge in [0.2, 0.25) is 0 Å². The first kappa shape index (κ1) is 16.9. The minimum Gasteiger partial charge on any atom is -0.486 e. The van der Waals surface area contributed by atoms with Crippen LogP contribution in [0.1, 0.15) is 12.8 Å². The van der Waals surface area contributed by atoms with Gasteiger partial charge >= 0.3 is 0 Å². The third-order valence-electron chi connectivity index (χ3n) is 4.99. The highest BCUT2D eigenvalue weighted by Crippen LogP contribution is 2.34. The number of fused-ring (bicyclic) bond motifs is 1. The van der Waals surface area contributed by atoms with Gasteiger partial charge in [-0.3, -0.25) is 0 Å². The second-order valence-electron chi connectivity index (χ2n) is 6.98. The van der Waals surface area contributed by atoms with Gasteiger partial charge in [-0.15, -0.1) is 0 Å². The van der Waals surface area contributed by atoms with E-state index in [1.165, 1.54) is 12.8 Å². The molecule has 28 heavy (non-hydrogen) atoms. The molecular weight excluding hydrogens is 352 g/mol. The number of hydrogen-bond acceptors (Lipinski definition) is 6. The molecule has 1 fully saturated rings. The first-order valence-electron chi connectivity index (χ1n) is 9.71. The Kier molecular flexibility index (Phi) is 4.45. The van der Waals surface area contributed by atoms with Crippen LogP contribution in [0, 0.1) is 0 Å². The zero-order chi connectivity index (χ0) is 18.8. The van der Waals surface area contributed by atoms with Gasteiger partial charge in [0.15, 0.2) is 17.3 Å². The Balaban J connectivity index is 1.50. The molecule has 0 atom stereocenters. The molecule has 2 aromatic carbocycles. The molecule has 0 saturated carbocycles. The van der Waals surface area contributed by atoms with Crippen LogP contribution in [-0.2, 0) is 0 Å². The Labute approximate surface area is 164 Å². The van der Waals surface area contributed by atoms with E-state index in [-0.39, 0.29) is 0 Å². The van der Waals surface area contributed by atoms with Gasteiger partial charge in [-0.25, -0.2) is 9.97 Å². The van der Waals surface area contributed by atoms with Gasteiger partial charge in [-0.05, 0) is 25.0 Å². The molecule has 3 heterocycles. The van der Waals surface area contributed by atoms with Crippen molar-refractivity contribution in [3.63, 3.8) is 0 Å². The Morgan fingerprint density at radius 2 is 1.61 bits per heavy atom. The lowest BCUT2D eigenvalue weighted by atomic mass is 10.2. The van der Waals surface area contributed by atoms with E-state index >= 15 is 0 Å². The Morgan fingerprint density at radius 1 is 0.821 bits per heavy atom. The van der Waals surface area contributed by atoms with Crippen LogP contribution in [0.25, 0.3) is 11.4 Å². The molecule has 6 heteroatoms. The fraction of sp³-hybridized carbons (Fsp3) is 0.273. The lowest BCUT2D eigenvalue weighted by molar-refractivity contribution is 0.171. The van der Waals surface area contributed by atoms with Gasteiger partial charge in [0.25, 0.3) is 0 Å². The topological polar surface area (TPSA) is 59.5 Å². The normalized spacial score (nSPS) is 15.5. The summed E-state index contributed by atoms with van der Waals surface area (Å²) in [5.41, 5.74) is 1.92. The van der Waals surface area contributed by atoms with Crippen molar-refractivity contribution in [3.05, 3.63) is 54.6 Å². The van der Waals surface area contributed by atoms with E-state index < -0.39 is 0 Å². The zero-order valence-corrected chi connectivity index (χ0v) is 15.6. The van der Waals surface area contributed by atoms with Crippen LogP contribution in [0.3, 0.4) is 0 Å². The van der Waals surface area contributed by atoms with E-state index in [4.69, 9.17) is 19.4 Å². The Morgan fingerprint density at radius 3 is 2.43 bits per heavy atom. The SMILES string of the molecule is c1ccc(-c2nc(Nc3ccc4c(c3)OCCO4)cc(N3CCCC3)n2)cc1. The van der Waals surface area contributed by atoms with E-state index in [1.807, 2.05) is 54.6 Å². The summed E-state index contributed by atoms with van der Waals surface area (Å²) in [6.45, 7) is 3.23. The fourth-order valence-corrected chi connectivity index (χ4v) is 3.59. The number of nitrogens with one attached hydrogen (secondary N) is 1. The van der Waals surface area contributed by atoms with Crippen molar-refractivity contribution in [2.75, 3.05) is 36.5 Å². The predicted octanol–water partition coefficient (Wildman–Crippen LogP) is 4.26. The van der Waals surface area contributed by atoms with E-state index in [1.54, 1.807) is 0 Å². The summed E-state index contributed by atoms with van der Waals surface area (Å²) >= 11 is 0. The van der Waals surface area contributed by atoms with E-state index in [9.17, 15) is 0 Å². The Bertz CT molecular complexity index is 972. The van der Waals surface area contributed by atoms with Crippen LogP contribution in [-0.4, -0.2) is 36.3 Å². The summed E-state index contributed by atoms with van der Waals surface area (Å²) in [6, 6.07) is 18.0. The summed E-state index contributed by atoms with van der Waals surface area (Å²) in [4.78, 5) is 11.9. The summed E-state index contributed by atoms with van der Waals surface area (Å²) < 4.78 is 11.3. The molecule has 0 radical (unpaired) electrons. The van der Waals surface area contributed by atoms with Gasteiger partial charge in [-0.1, -0.05) is 30.3 Å². The van der Waals surface area contributed by atoms with Crippen molar-refractivity contribution in [3.8, 4) is 22.9 Å². The molecule has 6 nitrogen and oxygen atoms in total. The molecule has 3 aromatic rings. The molecule has 1 aromatic heterocycles. The average molecular weight is 374 g/mol. The first-order chi connectivity index (χ1) is 13.8. The lowest BCUT2D eigenvalue weighted by Gasteiger charge is -2.20. The van der Waals surface area contributed by atoms with Crippen LogP contribution < -0.4 is 19.7 Å². The van der Waals surface area contributed by atoms with Crippen molar-refractivity contribution in [1.82, 2.24) is 9.97 Å². The quantitative estimate of drug-likeness (QED) is 0.736. The number of aromatic nitrogens is 2. The third kappa shape index (κ3) is 3.45. The highest BCUT2D eigenvalue weighted by atomic mass is 16.6. The van der Waals surface area contributed by atoms with E-state index in [0.29, 0.717) is 13.2 Å². The smallest absolute Gasteiger partial charge is 0.163 e. The van der Waals surface area contributed by atoms with Gasteiger partial charge < -0.3 is 19.7 Å². The van der Waals surface area contributed by atoms with E-state index in [0.717, 1.165) is 53.3 Å². The summed E-state index contributed by atoms with van der Waals surface area (Å²) in [6.07, 6.45) is 2.41. The zero-order valence-electron chi connectivity index (χ0n) is 15.6. The molecule has 2 aliphatic rings. The number of hydrogen-bond donors (Lipinski definition) is 1. The van der Waals surface area contributed by atoms with Gasteiger partial charge in [0.1, 0.15) is 24.8 Å². The van der Waals surface area contributed by atoms with Crippen molar-refractivity contribution >= 4 is 17.3 Å². The third-order valence-corrected chi connectivity index (χ3v) is 4.99. The second kappa shape index (κ2) is 7.38. The summed E-state index contributed by atoms with van der Waals surface area (Å²) in [5, 5.41) is 3.41. The van der Waals surface area contributed by atoms with Crippen molar-refractivity contribution < 1.29 is 9.47 Å². The number of nitrogens with zero attached hydrogens (tertiary/aromatic N) is 3. The van der Waals surface area contributed by atoms with Crippen LogP contribution in [0.2, 0.25) is 0 Å². The molecular formula is C22H22N4O2. The minimum absolute atomic E-state index is 0.571. The van der Waals surface area contributed by atoms with Crippen molar-refractivity contribution in [1.29, 1.82) is 0 Å². The second-order valence-corrected chi connectivity index (χ2v) is 6.98. The van der Waals surface area contributed by atoms with Crippen molar-refractivity contribution in [2.45, 2.75) is 12.8 Å². The van der Waals surface area contributed by atoms with Crippen LogP contribution in [0.4, 0.5) is 17.3 Å².